The van der Waals surface area contributed by atoms with Crippen LogP contribution in [0.2, 0.25) is 0 Å². The van der Waals surface area contributed by atoms with Crippen LogP contribution in [0.3, 0.4) is 0 Å². The van der Waals surface area contributed by atoms with Crippen molar-refractivity contribution in [2.75, 3.05) is 13.1 Å². The van der Waals surface area contributed by atoms with Gasteiger partial charge in [-0.25, -0.2) is 0 Å². The quantitative estimate of drug-likeness (QED) is 0.639. The van der Waals surface area contributed by atoms with Crippen LogP contribution in [0.5, 0.6) is 0 Å². The first kappa shape index (κ1) is 9.92. The van der Waals surface area contributed by atoms with Gasteiger partial charge >= 0.3 is 0 Å². The Balaban J connectivity index is 3.80. The predicted molar refractivity (Wildman–Crippen MR) is 46.0 cm³/mol. The van der Waals surface area contributed by atoms with Crippen molar-refractivity contribution < 1.29 is 0 Å². The molecule has 0 saturated heterocycles. The summed E-state index contributed by atoms with van der Waals surface area (Å²) in [6, 6.07) is 1.13. The van der Waals surface area contributed by atoms with Crippen LogP contribution in [0, 0.1) is 0 Å². The van der Waals surface area contributed by atoms with Crippen molar-refractivity contribution >= 4 is 0 Å². The first-order valence-electron chi connectivity index (χ1n) is 4.09. The average molecular weight is 144 g/mol. The fourth-order valence-corrected chi connectivity index (χ4v) is 1.32. The average Bonchev–Trinajstić information content (AvgIpc) is 1.88. The number of hydrogen-bond donors (Lipinski definition) is 1. The van der Waals surface area contributed by atoms with Gasteiger partial charge in [-0.1, -0.05) is 6.92 Å². The fraction of sp³-hybridized carbons (Fsp3) is 1.00. The molecule has 10 heavy (non-hydrogen) atoms. The Bertz CT molecular complexity index is 81.3. The van der Waals surface area contributed by atoms with E-state index in [4.69, 9.17) is 5.73 Å². The molecule has 0 aromatic carbocycles. The van der Waals surface area contributed by atoms with E-state index in [1.807, 2.05) is 0 Å². The van der Waals surface area contributed by atoms with Gasteiger partial charge in [0.25, 0.3) is 0 Å². The van der Waals surface area contributed by atoms with E-state index in [0.717, 1.165) is 13.1 Å². The minimum Gasteiger partial charge on any atom is -0.329 e. The predicted octanol–water partition coefficient (Wildman–Crippen LogP) is 1.06. The second kappa shape index (κ2) is 4.69. The van der Waals surface area contributed by atoms with Crippen molar-refractivity contribution in [3.8, 4) is 0 Å². The lowest BCUT2D eigenvalue weighted by Gasteiger charge is -2.30. The Kier molecular flexibility index (Phi) is 4.65. The molecule has 2 nitrogen and oxygen atoms in total. The Labute approximate surface area is 64.4 Å². The molecular weight excluding hydrogens is 124 g/mol. The molecular formula is C8H20N2. The summed E-state index contributed by atoms with van der Waals surface area (Å²) in [5.41, 5.74) is 5.54. The number of nitrogens with zero attached hydrogens (tertiary/aromatic N) is 1. The molecule has 0 saturated carbocycles. The van der Waals surface area contributed by atoms with Gasteiger partial charge in [-0.2, -0.15) is 0 Å². The van der Waals surface area contributed by atoms with Gasteiger partial charge in [0, 0.05) is 18.6 Å². The van der Waals surface area contributed by atoms with Crippen molar-refractivity contribution in [2.45, 2.75) is 39.8 Å². The van der Waals surface area contributed by atoms with Gasteiger partial charge in [-0.05, 0) is 27.3 Å². The molecule has 0 aliphatic carbocycles. The highest BCUT2D eigenvalue weighted by Crippen LogP contribution is 2.02. The van der Waals surface area contributed by atoms with Crippen LogP contribution in [-0.4, -0.2) is 30.1 Å². The zero-order valence-electron chi connectivity index (χ0n) is 7.59. The molecule has 1 atom stereocenters. The molecule has 0 aromatic heterocycles. The molecule has 0 aliphatic heterocycles. The third kappa shape index (κ3) is 2.67. The lowest BCUT2D eigenvalue weighted by atomic mass is 10.2. The van der Waals surface area contributed by atoms with Crippen LogP contribution in [0.15, 0.2) is 0 Å². The van der Waals surface area contributed by atoms with E-state index in [1.165, 1.54) is 0 Å². The molecule has 0 aliphatic rings. The monoisotopic (exact) mass is 144 g/mol. The lowest BCUT2D eigenvalue weighted by Crippen LogP contribution is -2.42. The summed E-state index contributed by atoms with van der Waals surface area (Å²) in [5.74, 6) is 0. The molecule has 0 heterocycles. The standard InChI is InChI=1S/C8H20N2/c1-5-10(7(2)3)8(4)6-9/h7-8H,5-6,9H2,1-4H3. The topological polar surface area (TPSA) is 29.3 Å². The summed E-state index contributed by atoms with van der Waals surface area (Å²) < 4.78 is 0. The lowest BCUT2D eigenvalue weighted by molar-refractivity contribution is 0.178. The molecule has 62 valence electrons. The minimum absolute atomic E-state index is 0.519. The normalized spacial score (nSPS) is 14.7. The largest absolute Gasteiger partial charge is 0.329 e. The molecule has 0 amide bonds. The maximum absolute atomic E-state index is 5.54. The van der Waals surface area contributed by atoms with Gasteiger partial charge in [0.2, 0.25) is 0 Å². The van der Waals surface area contributed by atoms with Crippen molar-refractivity contribution in [1.29, 1.82) is 0 Å². The van der Waals surface area contributed by atoms with Crippen LogP contribution < -0.4 is 5.73 Å². The van der Waals surface area contributed by atoms with Crippen LogP contribution in [0.1, 0.15) is 27.7 Å². The highest BCUT2D eigenvalue weighted by molar-refractivity contribution is 4.69. The summed E-state index contributed by atoms with van der Waals surface area (Å²) in [6.45, 7) is 10.6. The third-order valence-corrected chi connectivity index (χ3v) is 1.94. The second-order valence-corrected chi connectivity index (χ2v) is 3.01. The highest BCUT2D eigenvalue weighted by Gasteiger charge is 2.12. The summed E-state index contributed by atoms with van der Waals surface area (Å²) in [5, 5.41) is 0. The zero-order valence-corrected chi connectivity index (χ0v) is 7.59. The summed E-state index contributed by atoms with van der Waals surface area (Å²) in [4.78, 5) is 2.39. The van der Waals surface area contributed by atoms with E-state index >= 15 is 0 Å². The van der Waals surface area contributed by atoms with Gasteiger partial charge < -0.3 is 5.73 Å². The SMILES string of the molecule is CCN(C(C)C)C(C)CN. The van der Waals surface area contributed by atoms with Gasteiger partial charge in [-0.15, -0.1) is 0 Å². The van der Waals surface area contributed by atoms with Gasteiger partial charge in [0.1, 0.15) is 0 Å². The third-order valence-electron chi connectivity index (χ3n) is 1.94. The van der Waals surface area contributed by atoms with Gasteiger partial charge in [-0.3, -0.25) is 4.90 Å². The smallest absolute Gasteiger partial charge is 0.0192 e. The van der Waals surface area contributed by atoms with E-state index in [0.29, 0.717) is 12.1 Å². The Hall–Kier alpha value is -0.0800. The van der Waals surface area contributed by atoms with Crippen molar-refractivity contribution in [3.05, 3.63) is 0 Å². The molecule has 0 aromatic rings. The Morgan fingerprint density at radius 1 is 1.30 bits per heavy atom. The second-order valence-electron chi connectivity index (χ2n) is 3.01. The maximum Gasteiger partial charge on any atom is 0.0192 e. The highest BCUT2D eigenvalue weighted by atomic mass is 15.2. The molecule has 0 bridgehead atoms. The molecule has 2 N–H and O–H groups in total. The first-order chi connectivity index (χ1) is 4.63. The van der Waals surface area contributed by atoms with Crippen LogP contribution in [0.4, 0.5) is 0 Å². The number of nitrogens with two attached hydrogens (primary N) is 1. The van der Waals surface area contributed by atoms with E-state index in [1.54, 1.807) is 0 Å². The van der Waals surface area contributed by atoms with Crippen molar-refractivity contribution in [3.63, 3.8) is 0 Å². The van der Waals surface area contributed by atoms with E-state index in [2.05, 4.69) is 32.6 Å². The van der Waals surface area contributed by atoms with Crippen LogP contribution in [0.25, 0.3) is 0 Å². The summed E-state index contributed by atoms with van der Waals surface area (Å²) in [6.07, 6.45) is 0. The molecule has 0 fully saturated rings. The summed E-state index contributed by atoms with van der Waals surface area (Å²) >= 11 is 0. The van der Waals surface area contributed by atoms with Crippen molar-refractivity contribution in [2.24, 2.45) is 5.73 Å². The number of rotatable bonds is 4. The number of hydrogen-bond acceptors (Lipinski definition) is 2. The zero-order chi connectivity index (χ0) is 8.15. The first-order valence-corrected chi connectivity index (χ1v) is 4.09. The fourth-order valence-electron chi connectivity index (χ4n) is 1.32. The molecule has 0 radical (unpaired) electrons. The van der Waals surface area contributed by atoms with Crippen molar-refractivity contribution in [1.82, 2.24) is 4.90 Å². The molecule has 0 spiro atoms. The van der Waals surface area contributed by atoms with E-state index in [-0.39, 0.29) is 0 Å². The van der Waals surface area contributed by atoms with Gasteiger partial charge in [0.05, 0.1) is 0 Å². The summed E-state index contributed by atoms with van der Waals surface area (Å²) in [7, 11) is 0. The van der Waals surface area contributed by atoms with Gasteiger partial charge in [0.15, 0.2) is 0 Å². The molecule has 2 heteroatoms. The minimum atomic E-state index is 0.519. The Morgan fingerprint density at radius 2 is 1.80 bits per heavy atom. The van der Waals surface area contributed by atoms with Crippen LogP contribution >= 0.6 is 0 Å². The Morgan fingerprint density at radius 3 is 1.90 bits per heavy atom. The number of likely N-dealkylation sites (N-methyl/N-ethyl adjacent to an activating group) is 1. The molecule has 1 unspecified atom stereocenters. The molecule has 0 rings (SSSR count). The maximum atomic E-state index is 5.54. The van der Waals surface area contributed by atoms with E-state index < -0.39 is 0 Å². The van der Waals surface area contributed by atoms with E-state index in [9.17, 15) is 0 Å². The van der Waals surface area contributed by atoms with Crippen LogP contribution in [-0.2, 0) is 0 Å².